The van der Waals surface area contributed by atoms with E-state index in [1.807, 2.05) is 11.6 Å². The molecule has 0 amide bonds. The van der Waals surface area contributed by atoms with E-state index in [0.717, 1.165) is 25.3 Å². The van der Waals surface area contributed by atoms with Gasteiger partial charge in [0.25, 0.3) is 0 Å². The molecule has 0 saturated carbocycles. The summed E-state index contributed by atoms with van der Waals surface area (Å²) < 4.78 is 1.89. The summed E-state index contributed by atoms with van der Waals surface area (Å²) in [4.78, 5) is 6.58. The lowest BCUT2D eigenvalue weighted by molar-refractivity contribution is 0.0812. The molecule has 0 bridgehead atoms. The SMILES string of the molecule is Cn1c(Cl)cnc1CN1CCCCC1CO. The van der Waals surface area contributed by atoms with E-state index in [0.29, 0.717) is 5.15 Å². The number of hydrogen-bond donors (Lipinski definition) is 1. The summed E-state index contributed by atoms with van der Waals surface area (Å²) in [6.07, 6.45) is 5.17. The molecule has 16 heavy (non-hydrogen) atoms. The number of halogens is 1. The van der Waals surface area contributed by atoms with E-state index in [9.17, 15) is 5.11 Å². The van der Waals surface area contributed by atoms with Gasteiger partial charge >= 0.3 is 0 Å². The molecule has 1 N–H and O–H groups in total. The molecular weight excluding hydrogens is 226 g/mol. The van der Waals surface area contributed by atoms with Crippen LogP contribution in [0.5, 0.6) is 0 Å². The topological polar surface area (TPSA) is 41.3 Å². The molecule has 0 aromatic carbocycles. The van der Waals surface area contributed by atoms with Crippen molar-refractivity contribution in [3.8, 4) is 0 Å². The molecule has 4 nitrogen and oxygen atoms in total. The predicted molar refractivity (Wildman–Crippen MR) is 63.4 cm³/mol. The van der Waals surface area contributed by atoms with Gasteiger partial charge in [0.15, 0.2) is 0 Å². The highest BCUT2D eigenvalue weighted by Gasteiger charge is 2.22. The number of likely N-dealkylation sites (tertiary alicyclic amines) is 1. The van der Waals surface area contributed by atoms with Crippen molar-refractivity contribution >= 4 is 11.6 Å². The fraction of sp³-hybridized carbons (Fsp3) is 0.727. The average Bonchev–Trinajstić information content (AvgIpc) is 2.62. The van der Waals surface area contributed by atoms with Crippen LogP contribution in [0.3, 0.4) is 0 Å². The second kappa shape index (κ2) is 5.17. The second-order valence-corrected chi connectivity index (χ2v) is 4.75. The van der Waals surface area contributed by atoms with Crippen molar-refractivity contribution in [2.24, 2.45) is 7.05 Å². The highest BCUT2D eigenvalue weighted by molar-refractivity contribution is 6.29. The number of rotatable bonds is 3. The summed E-state index contributed by atoms with van der Waals surface area (Å²) >= 11 is 5.95. The minimum Gasteiger partial charge on any atom is -0.395 e. The van der Waals surface area contributed by atoms with Crippen molar-refractivity contribution in [1.29, 1.82) is 0 Å². The number of aromatic nitrogens is 2. The normalized spacial score (nSPS) is 22.6. The lowest BCUT2D eigenvalue weighted by atomic mass is 10.0. The third-order valence-electron chi connectivity index (χ3n) is 3.33. The van der Waals surface area contributed by atoms with Crippen LogP contribution in [-0.4, -0.2) is 38.8 Å². The van der Waals surface area contributed by atoms with Crippen LogP contribution in [0.2, 0.25) is 5.15 Å². The summed E-state index contributed by atoms with van der Waals surface area (Å²) in [5, 5.41) is 9.98. The maximum absolute atomic E-state index is 9.32. The lowest BCUT2D eigenvalue weighted by Crippen LogP contribution is -2.41. The zero-order chi connectivity index (χ0) is 11.5. The Bertz CT molecular complexity index is 353. The Morgan fingerprint density at radius 3 is 3.00 bits per heavy atom. The minimum absolute atomic E-state index is 0.234. The van der Waals surface area contributed by atoms with Crippen molar-refractivity contribution in [2.75, 3.05) is 13.2 Å². The Labute approximate surface area is 101 Å². The number of aliphatic hydroxyl groups excluding tert-OH is 1. The van der Waals surface area contributed by atoms with Gasteiger partial charge in [-0.25, -0.2) is 4.98 Å². The summed E-state index contributed by atoms with van der Waals surface area (Å²) in [6, 6.07) is 0.282. The number of hydrogen-bond acceptors (Lipinski definition) is 3. The van der Waals surface area contributed by atoms with Crippen molar-refractivity contribution in [3.05, 3.63) is 17.2 Å². The molecule has 1 aromatic heterocycles. The fourth-order valence-corrected chi connectivity index (χ4v) is 2.37. The van der Waals surface area contributed by atoms with Gasteiger partial charge in [-0.3, -0.25) is 4.90 Å². The van der Waals surface area contributed by atoms with E-state index in [1.54, 1.807) is 6.20 Å². The highest BCUT2D eigenvalue weighted by Crippen LogP contribution is 2.19. The van der Waals surface area contributed by atoms with E-state index < -0.39 is 0 Å². The number of piperidine rings is 1. The molecule has 1 atom stereocenters. The zero-order valence-electron chi connectivity index (χ0n) is 9.56. The second-order valence-electron chi connectivity index (χ2n) is 4.36. The first-order valence-electron chi connectivity index (χ1n) is 5.73. The van der Waals surface area contributed by atoms with Crippen LogP contribution in [0.1, 0.15) is 25.1 Å². The van der Waals surface area contributed by atoms with Gasteiger partial charge < -0.3 is 9.67 Å². The van der Waals surface area contributed by atoms with Crippen LogP contribution in [0, 0.1) is 0 Å². The van der Waals surface area contributed by atoms with Crippen LogP contribution in [0.4, 0.5) is 0 Å². The Morgan fingerprint density at radius 1 is 1.56 bits per heavy atom. The smallest absolute Gasteiger partial charge is 0.128 e. The summed E-state index contributed by atoms with van der Waals surface area (Å²) in [5.74, 6) is 0.963. The molecule has 1 aliphatic rings. The van der Waals surface area contributed by atoms with Gasteiger partial charge in [0, 0.05) is 13.1 Å². The van der Waals surface area contributed by atoms with Gasteiger partial charge in [-0.1, -0.05) is 18.0 Å². The van der Waals surface area contributed by atoms with E-state index in [4.69, 9.17) is 11.6 Å². The van der Waals surface area contributed by atoms with E-state index in [-0.39, 0.29) is 12.6 Å². The third kappa shape index (κ3) is 2.39. The maximum atomic E-state index is 9.32. The van der Waals surface area contributed by atoms with Crippen LogP contribution in [0.15, 0.2) is 6.20 Å². The summed E-state index contributed by atoms with van der Waals surface area (Å²) in [5.41, 5.74) is 0. The fourth-order valence-electron chi connectivity index (χ4n) is 2.23. The van der Waals surface area contributed by atoms with Gasteiger partial charge in [0.2, 0.25) is 0 Å². The highest BCUT2D eigenvalue weighted by atomic mass is 35.5. The van der Waals surface area contributed by atoms with Crippen molar-refractivity contribution in [1.82, 2.24) is 14.5 Å². The van der Waals surface area contributed by atoms with Gasteiger partial charge in [0.05, 0.1) is 19.3 Å². The Hall–Kier alpha value is -0.580. The monoisotopic (exact) mass is 243 g/mol. The molecule has 0 spiro atoms. The molecule has 2 heterocycles. The quantitative estimate of drug-likeness (QED) is 0.873. The third-order valence-corrected chi connectivity index (χ3v) is 3.68. The minimum atomic E-state index is 0.234. The average molecular weight is 244 g/mol. The Balaban J connectivity index is 2.05. The molecule has 2 rings (SSSR count). The van der Waals surface area contributed by atoms with Crippen molar-refractivity contribution in [2.45, 2.75) is 31.8 Å². The van der Waals surface area contributed by atoms with Gasteiger partial charge in [-0.15, -0.1) is 0 Å². The summed E-state index contributed by atoms with van der Waals surface area (Å²) in [6.45, 7) is 2.04. The molecule has 0 aliphatic carbocycles. The Morgan fingerprint density at radius 2 is 2.38 bits per heavy atom. The van der Waals surface area contributed by atoms with E-state index in [1.165, 1.54) is 12.8 Å². The molecule has 1 aromatic rings. The van der Waals surface area contributed by atoms with E-state index >= 15 is 0 Å². The van der Waals surface area contributed by atoms with Crippen molar-refractivity contribution < 1.29 is 5.11 Å². The zero-order valence-corrected chi connectivity index (χ0v) is 10.3. The van der Waals surface area contributed by atoms with Crippen LogP contribution in [-0.2, 0) is 13.6 Å². The van der Waals surface area contributed by atoms with Crippen LogP contribution >= 0.6 is 11.6 Å². The predicted octanol–water partition coefficient (Wildman–Crippen LogP) is 1.42. The molecule has 1 saturated heterocycles. The van der Waals surface area contributed by atoms with Crippen molar-refractivity contribution in [3.63, 3.8) is 0 Å². The molecule has 1 unspecified atom stereocenters. The number of aliphatic hydroxyl groups is 1. The number of imidazole rings is 1. The standard InChI is InChI=1S/C11H18ClN3O/c1-14-10(12)6-13-11(14)7-15-5-3-2-4-9(15)8-16/h6,9,16H,2-5,7-8H2,1H3. The van der Waals surface area contributed by atoms with Crippen LogP contribution in [0.25, 0.3) is 0 Å². The van der Waals surface area contributed by atoms with Gasteiger partial charge in [-0.2, -0.15) is 0 Å². The van der Waals surface area contributed by atoms with Gasteiger partial charge in [-0.05, 0) is 19.4 Å². The molecular formula is C11H18ClN3O. The number of nitrogens with zero attached hydrogens (tertiary/aromatic N) is 3. The molecule has 1 fully saturated rings. The first kappa shape index (κ1) is 11.9. The molecule has 1 aliphatic heterocycles. The van der Waals surface area contributed by atoms with Crippen LogP contribution < -0.4 is 0 Å². The lowest BCUT2D eigenvalue weighted by Gasteiger charge is -2.34. The first-order valence-corrected chi connectivity index (χ1v) is 6.11. The summed E-state index contributed by atoms with van der Waals surface area (Å²) in [7, 11) is 1.92. The largest absolute Gasteiger partial charge is 0.395 e. The molecule has 0 radical (unpaired) electrons. The molecule has 90 valence electrons. The molecule has 5 heteroatoms. The van der Waals surface area contributed by atoms with E-state index in [2.05, 4.69) is 9.88 Å². The van der Waals surface area contributed by atoms with Gasteiger partial charge in [0.1, 0.15) is 11.0 Å². The first-order chi connectivity index (χ1) is 7.72. The Kier molecular flexibility index (Phi) is 3.84. The maximum Gasteiger partial charge on any atom is 0.128 e.